The van der Waals surface area contributed by atoms with Crippen LogP contribution >= 0.6 is 0 Å². The molecule has 2 rings (SSSR count). The molecule has 1 aromatic carbocycles. The number of hydrogen-bond donors (Lipinski definition) is 0. The van der Waals surface area contributed by atoms with E-state index in [0.29, 0.717) is 5.92 Å². The van der Waals surface area contributed by atoms with Crippen LogP contribution in [0.4, 0.5) is 0 Å². The maximum absolute atomic E-state index is 4.56. The van der Waals surface area contributed by atoms with Crippen molar-refractivity contribution < 1.29 is 0 Å². The Morgan fingerprint density at radius 2 is 1.83 bits per heavy atom. The Bertz CT molecular complexity index is 569. The predicted octanol–water partition coefficient (Wildman–Crippen LogP) is 6.21. The van der Waals surface area contributed by atoms with E-state index in [4.69, 9.17) is 0 Å². The smallest absolute Gasteiger partial charge is 0.0645 e. The molecule has 0 aromatic heterocycles. The van der Waals surface area contributed by atoms with Crippen molar-refractivity contribution in [3.63, 3.8) is 0 Å². The Labute approximate surface area is 142 Å². The molecule has 1 heteroatoms. The van der Waals surface area contributed by atoms with E-state index in [1.807, 2.05) is 7.05 Å². The second-order valence-corrected chi connectivity index (χ2v) is 6.97. The average Bonchev–Trinajstić information content (AvgIpc) is 3.07. The molecule has 1 fully saturated rings. The number of hydrogen-bond acceptors (Lipinski definition) is 1. The summed E-state index contributed by atoms with van der Waals surface area (Å²) in [4.78, 5) is 4.56. The fourth-order valence-electron chi connectivity index (χ4n) is 3.67. The lowest BCUT2D eigenvalue weighted by atomic mass is 9.85. The SMILES string of the molecule is C/C=C(\C(=C/C(=NC)c1ccccc1)CC(C)C)C1CCCC1. The number of rotatable bonds is 6. The maximum Gasteiger partial charge on any atom is 0.0645 e. The molecule has 0 spiro atoms. The third kappa shape index (κ3) is 4.92. The third-order valence-electron chi connectivity index (χ3n) is 4.73. The molecule has 0 amide bonds. The van der Waals surface area contributed by atoms with Gasteiger partial charge < -0.3 is 0 Å². The van der Waals surface area contributed by atoms with Gasteiger partial charge in [0, 0.05) is 7.05 Å². The summed E-state index contributed by atoms with van der Waals surface area (Å²) in [5.74, 6) is 1.41. The van der Waals surface area contributed by atoms with Crippen LogP contribution in [-0.4, -0.2) is 12.8 Å². The van der Waals surface area contributed by atoms with Gasteiger partial charge in [0.05, 0.1) is 5.71 Å². The number of benzene rings is 1. The van der Waals surface area contributed by atoms with Crippen molar-refractivity contribution in [3.8, 4) is 0 Å². The highest BCUT2D eigenvalue weighted by atomic mass is 14.7. The van der Waals surface area contributed by atoms with E-state index >= 15 is 0 Å². The molecule has 1 aliphatic rings. The molecule has 23 heavy (non-hydrogen) atoms. The summed E-state index contributed by atoms with van der Waals surface area (Å²) in [5, 5.41) is 0. The first-order valence-electron chi connectivity index (χ1n) is 9.05. The molecule has 1 saturated carbocycles. The van der Waals surface area contributed by atoms with Gasteiger partial charge in [0.2, 0.25) is 0 Å². The summed E-state index contributed by atoms with van der Waals surface area (Å²) in [6.45, 7) is 6.81. The van der Waals surface area contributed by atoms with E-state index < -0.39 is 0 Å². The number of nitrogens with zero attached hydrogens (tertiary/aromatic N) is 1. The molecular formula is C22H31N. The van der Waals surface area contributed by atoms with Gasteiger partial charge in [-0.3, -0.25) is 4.99 Å². The molecule has 1 aliphatic carbocycles. The Morgan fingerprint density at radius 1 is 1.17 bits per heavy atom. The molecule has 0 saturated heterocycles. The normalized spacial score (nSPS) is 18.0. The zero-order chi connectivity index (χ0) is 16.7. The van der Waals surface area contributed by atoms with E-state index in [1.165, 1.54) is 36.8 Å². The Balaban J connectivity index is 2.36. The average molecular weight is 309 g/mol. The minimum Gasteiger partial charge on any atom is -0.288 e. The first kappa shape index (κ1) is 17.7. The molecule has 0 N–H and O–H groups in total. The minimum atomic E-state index is 0.659. The Kier molecular flexibility index (Phi) is 6.83. The van der Waals surface area contributed by atoms with Crippen molar-refractivity contribution in [2.45, 2.75) is 52.9 Å². The standard InChI is InChI=1S/C22H31N/c1-5-21(18-11-9-10-12-18)20(15-17(2)3)16-22(23-4)19-13-7-6-8-14-19/h5-8,13-14,16-18H,9-12,15H2,1-4H3/b20-16-,21-5-,23-22?. The van der Waals surface area contributed by atoms with E-state index in [1.54, 1.807) is 5.57 Å². The van der Waals surface area contributed by atoms with Crippen LogP contribution in [0.2, 0.25) is 0 Å². The molecular weight excluding hydrogens is 278 g/mol. The third-order valence-corrected chi connectivity index (χ3v) is 4.73. The second-order valence-electron chi connectivity index (χ2n) is 6.97. The van der Waals surface area contributed by atoms with Crippen molar-refractivity contribution >= 4 is 5.71 Å². The Morgan fingerprint density at radius 3 is 2.35 bits per heavy atom. The highest BCUT2D eigenvalue weighted by molar-refractivity contribution is 6.09. The van der Waals surface area contributed by atoms with Crippen molar-refractivity contribution in [2.24, 2.45) is 16.8 Å². The fraction of sp³-hybridized carbons (Fsp3) is 0.500. The molecule has 0 unspecified atom stereocenters. The van der Waals surface area contributed by atoms with Crippen molar-refractivity contribution in [1.82, 2.24) is 0 Å². The summed E-state index contributed by atoms with van der Waals surface area (Å²) in [5.41, 5.74) is 5.35. The van der Waals surface area contributed by atoms with Crippen LogP contribution in [-0.2, 0) is 0 Å². The minimum absolute atomic E-state index is 0.659. The zero-order valence-corrected chi connectivity index (χ0v) is 15.2. The van der Waals surface area contributed by atoms with Gasteiger partial charge >= 0.3 is 0 Å². The summed E-state index contributed by atoms with van der Waals surface area (Å²) in [6.07, 6.45) is 11.3. The summed E-state index contributed by atoms with van der Waals surface area (Å²) in [6, 6.07) is 10.5. The molecule has 124 valence electrons. The maximum atomic E-state index is 4.56. The molecule has 0 bridgehead atoms. The first-order valence-corrected chi connectivity index (χ1v) is 9.05. The van der Waals surface area contributed by atoms with Crippen LogP contribution in [0.5, 0.6) is 0 Å². The van der Waals surface area contributed by atoms with E-state index in [-0.39, 0.29) is 0 Å². The zero-order valence-electron chi connectivity index (χ0n) is 15.2. The van der Waals surface area contributed by atoms with E-state index in [9.17, 15) is 0 Å². The van der Waals surface area contributed by atoms with Crippen molar-refractivity contribution in [1.29, 1.82) is 0 Å². The van der Waals surface area contributed by atoms with Crippen LogP contribution < -0.4 is 0 Å². The van der Waals surface area contributed by atoms with Crippen LogP contribution in [0, 0.1) is 11.8 Å². The topological polar surface area (TPSA) is 12.4 Å². The lowest BCUT2D eigenvalue weighted by Gasteiger charge is -2.20. The van der Waals surface area contributed by atoms with Crippen molar-refractivity contribution in [3.05, 3.63) is 59.2 Å². The summed E-state index contributed by atoms with van der Waals surface area (Å²) >= 11 is 0. The predicted molar refractivity (Wildman–Crippen MR) is 102 cm³/mol. The number of aliphatic imine (C=N–C) groups is 1. The summed E-state index contributed by atoms with van der Waals surface area (Å²) in [7, 11) is 1.90. The molecule has 0 atom stereocenters. The number of allylic oxidation sites excluding steroid dienone is 4. The van der Waals surface area contributed by atoms with Crippen LogP contribution in [0.25, 0.3) is 0 Å². The molecule has 0 heterocycles. The van der Waals surface area contributed by atoms with E-state index in [0.717, 1.165) is 18.1 Å². The van der Waals surface area contributed by atoms with Gasteiger partial charge in [-0.05, 0) is 60.8 Å². The van der Waals surface area contributed by atoms with E-state index in [2.05, 4.69) is 68.2 Å². The highest BCUT2D eigenvalue weighted by Gasteiger charge is 2.22. The monoisotopic (exact) mass is 309 g/mol. The fourth-order valence-corrected chi connectivity index (χ4v) is 3.67. The van der Waals surface area contributed by atoms with Crippen LogP contribution in [0.15, 0.2) is 58.6 Å². The summed E-state index contributed by atoms with van der Waals surface area (Å²) < 4.78 is 0. The van der Waals surface area contributed by atoms with Crippen LogP contribution in [0.1, 0.15) is 58.4 Å². The Hall–Kier alpha value is -1.63. The highest BCUT2D eigenvalue weighted by Crippen LogP contribution is 2.36. The largest absolute Gasteiger partial charge is 0.288 e. The quantitative estimate of drug-likeness (QED) is 0.437. The van der Waals surface area contributed by atoms with Gasteiger partial charge in [0.15, 0.2) is 0 Å². The lowest BCUT2D eigenvalue weighted by molar-refractivity contribution is 0.601. The van der Waals surface area contributed by atoms with Gasteiger partial charge in [-0.1, -0.05) is 63.1 Å². The van der Waals surface area contributed by atoms with Gasteiger partial charge in [0.25, 0.3) is 0 Å². The lowest BCUT2D eigenvalue weighted by Crippen LogP contribution is -2.08. The molecule has 1 nitrogen and oxygen atoms in total. The molecule has 0 aliphatic heterocycles. The van der Waals surface area contributed by atoms with Gasteiger partial charge in [-0.25, -0.2) is 0 Å². The van der Waals surface area contributed by atoms with Gasteiger partial charge in [0.1, 0.15) is 0 Å². The van der Waals surface area contributed by atoms with Crippen molar-refractivity contribution in [2.75, 3.05) is 7.05 Å². The van der Waals surface area contributed by atoms with Gasteiger partial charge in [-0.15, -0.1) is 0 Å². The van der Waals surface area contributed by atoms with Gasteiger partial charge in [-0.2, -0.15) is 0 Å². The second kappa shape index (κ2) is 8.86. The van der Waals surface area contributed by atoms with Crippen LogP contribution in [0.3, 0.4) is 0 Å². The first-order chi connectivity index (χ1) is 11.2. The molecule has 0 radical (unpaired) electrons. The molecule has 1 aromatic rings.